The first-order valence-corrected chi connectivity index (χ1v) is 8.48. The fraction of sp³-hybridized carbons (Fsp3) is 0.545. The van der Waals surface area contributed by atoms with Crippen LogP contribution in [0.3, 0.4) is 0 Å². The van der Waals surface area contributed by atoms with Gasteiger partial charge in [0.1, 0.15) is 12.2 Å². The summed E-state index contributed by atoms with van der Waals surface area (Å²) in [5, 5.41) is 10.1. The van der Waals surface area contributed by atoms with Gasteiger partial charge in [-0.1, -0.05) is 0 Å². The number of nitrogens with zero attached hydrogens (tertiary/aromatic N) is 3. The number of aromatic nitrogens is 4. The van der Waals surface area contributed by atoms with Crippen LogP contribution in [0, 0.1) is 0 Å². The predicted molar refractivity (Wildman–Crippen MR) is 80.0 cm³/mol. The quantitative estimate of drug-likeness (QED) is 0.404. The lowest BCUT2D eigenvalue weighted by Gasteiger charge is -2.24. The number of nitrogens with one attached hydrogen (secondary N) is 1. The Labute approximate surface area is 138 Å². The fourth-order valence-electron chi connectivity index (χ4n) is 2.64. The molecule has 3 rings (SSSR count). The zero-order valence-electron chi connectivity index (χ0n) is 12.7. The average Bonchev–Trinajstić information content (AvgIpc) is 2.97. The summed E-state index contributed by atoms with van der Waals surface area (Å²) in [7, 11) is -4.83. The first-order valence-electron chi connectivity index (χ1n) is 6.95. The number of hydrogen-bond acceptors (Lipinski definition) is 8. The molecule has 4 atom stereocenters. The Balaban J connectivity index is 1.97. The molecule has 1 fully saturated rings. The number of nitrogen functional groups attached to an aromatic ring is 1. The van der Waals surface area contributed by atoms with E-state index in [1.54, 1.807) is 0 Å². The maximum atomic E-state index is 15.0. The van der Waals surface area contributed by atoms with Crippen molar-refractivity contribution < 1.29 is 33.1 Å². The Morgan fingerprint density at radius 2 is 2.28 bits per heavy atom. The van der Waals surface area contributed by atoms with Crippen LogP contribution in [0.1, 0.15) is 13.2 Å². The lowest BCUT2D eigenvalue weighted by Crippen LogP contribution is -2.40. The number of ether oxygens (including phenoxy) is 1. The molecule has 0 bridgehead atoms. The van der Waals surface area contributed by atoms with Gasteiger partial charge in [0.2, 0.25) is 5.95 Å². The lowest BCUT2D eigenvalue weighted by molar-refractivity contribution is -0.0560. The molecule has 1 saturated heterocycles. The van der Waals surface area contributed by atoms with Gasteiger partial charge in [0, 0.05) is 0 Å². The summed E-state index contributed by atoms with van der Waals surface area (Å²) in [6.45, 7) is 0.284. The third-order valence-electron chi connectivity index (χ3n) is 3.83. The molecule has 0 spiro atoms. The summed E-state index contributed by atoms with van der Waals surface area (Å²) in [4.78, 5) is 39.2. The molecule has 1 aliphatic rings. The number of alkyl halides is 1. The van der Waals surface area contributed by atoms with Gasteiger partial charge in [-0.2, -0.15) is 4.98 Å². The zero-order valence-corrected chi connectivity index (χ0v) is 13.6. The number of H-pyrrole nitrogens is 1. The van der Waals surface area contributed by atoms with Crippen LogP contribution in [0.2, 0.25) is 0 Å². The summed E-state index contributed by atoms with van der Waals surface area (Å²) < 4.78 is 36.5. The number of phosphoric acid groups is 1. The number of aliphatic hydroxyl groups is 1. The number of aromatic amines is 1. The SMILES string of the molecule is CC1(F)[C@@H](O)[C@@H](COP(=O)(O)O)O[C@H]1n1cnc2c(=O)[nH]c(N)nc21. The first kappa shape index (κ1) is 17.9. The van der Waals surface area contributed by atoms with Crippen molar-refractivity contribution in [1.82, 2.24) is 19.5 Å². The van der Waals surface area contributed by atoms with Gasteiger partial charge in [-0.05, 0) is 6.92 Å². The molecule has 0 saturated carbocycles. The molecule has 0 aliphatic carbocycles. The van der Waals surface area contributed by atoms with Crippen LogP contribution in [0.15, 0.2) is 11.1 Å². The number of fused-ring (bicyclic) bond motifs is 1. The number of imidazole rings is 1. The van der Waals surface area contributed by atoms with Gasteiger partial charge in [-0.25, -0.2) is 13.9 Å². The Morgan fingerprint density at radius 1 is 1.60 bits per heavy atom. The molecule has 12 nitrogen and oxygen atoms in total. The van der Waals surface area contributed by atoms with Crippen LogP contribution in [0.5, 0.6) is 0 Å². The number of anilines is 1. The van der Waals surface area contributed by atoms with Crippen molar-refractivity contribution >= 4 is 24.9 Å². The van der Waals surface area contributed by atoms with Gasteiger partial charge in [0.25, 0.3) is 5.56 Å². The summed E-state index contributed by atoms with van der Waals surface area (Å²) in [6.07, 6.45) is -3.52. The third-order valence-corrected chi connectivity index (χ3v) is 4.31. The molecule has 25 heavy (non-hydrogen) atoms. The van der Waals surface area contributed by atoms with Crippen molar-refractivity contribution in [2.45, 2.75) is 31.0 Å². The van der Waals surface area contributed by atoms with E-state index in [2.05, 4.69) is 19.5 Å². The number of hydrogen-bond donors (Lipinski definition) is 5. The Bertz CT molecular complexity index is 908. The van der Waals surface area contributed by atoms with Crippen molar-refractivity contribution in [3.05, 3.63) is 16.7 Å². The van der Waals surface area contributed by atoms with Crippen LogP contribution in [-0.2, 0) is 13.8 Å². The second-order valence-corrected chi connectivity index (χ2v) is 6.92. The van der Waals surface area contributed by atoms with E-state index >= 15 is 4.39 Å². The summed E-state index contributed by atoms with van der Waals surface area (Å²) in [6, 6.07) is 0. The van der Waals surface area contributed by atoms with E-state index in [1.165, 1.54) is 0 Å². The number of nitrogens with two attached hydrogens (primary N) is 1. The minimum absolute atomic E-state index is 0.0705. The van der Waals surface area contributed by atoms with E-state index in [0.717, 1.165) is 17.8 Å². The van der Waals surface area contributed by atoms with Crippen molar-refractivity contribution in [3.63, 3.8) is 0 Å². The van der Waals surface area contributed by atoms with Gasteiger partial charge in [0.15, 0.2) is 23.1 Å². The molecule has 14 heteroatoms. The number of halogens is 1. The van der Waals surface area contributed by atoms with E-state index < -0.39 is 44.1 Å². The van der Waals surface area contributed by atoms with E-state index in [4.69, 9.17) is 20.3 Å². The number of aliphatic hydroxyl groups excluding tert-OH is 1. The first-order chi connectivity index (χ1) is 11.5. The topological polar surface area (TPSA) is 186 Å². The summed E-state index contributed by atoms with van der Waals surface area (Å²) in [5.41, 5.74) is 2.26. The van der Waals surface area contributed by atoms with E-state index in [0.29, 0.717) is 0 Å². The van der Waals surface area contributed by atoms with Crippen molar-refractivity contribution in [1.29, 1.82) is 0 Å². The van der Waals surface area contributed by atoms with Crippen molar-refractivity contribution in [2.24, 2.45) is 0 Å². The third kappa shape index (κ3) is 3.17. The fourth-order valence-corrected chi connectivity index (χ4v) is 2.98. The Kier molecular flexibility index (Phi) is 4.18. The molecule has 3 heterocycles. The van der Waals surface area contributed by atoms with Gasteiger partial charge >= 0.3 is 7.82 Å². The molecule has 1 aliphatic heterocycles. The van der Waals surface area contributed by atoms with E-state index in [9.17, 15) is 14.5 Å². The highest BCUT2D eigenvalue weighted by atomic mass is 31.2. The average molecular weight is 379 g/mol. The largest absolute Gasteiger partial charge is 0.469 e. The smallest absolute Gasteiger partial charge is 0.387 e. The molecule has 6 N–H and O–H groups in total. The van der Waals surface area contributed by atoms with E-state index in [1.807, 2.05) is 0 Å². The van der Waals surface area contributed by atoms with Crippen LogP contribution >= 0.6 is 7.82 Å². The highest BCUT2D eigenvalue weighted by molar-refractivity contribution is 7.46. The zero-order chi connectivity index (χ0) is 18.6. The van der Waals surface area contributed by atoms with Crippen LogP contribution in [-0.4, -0.2) is 58.9 Å². The van der Waals surface area contributed by atoms with E-state index in [-0.39, 0.29) is 17.1 Å². The molecule has 0 amide bonds. The van der Waals surface area contributed by atoms with Crippen LogP contribution in [0.25, 0.3) is 11.2 Å². The Hall–Kier alpha value is -1.89. The van der Waals surface area contributed by atoms with Crippen LogP contribution < -0.4 is 11.3 Å². The lowest BCUT2D eigenvalue weighted by atomic mass is 9.98. The molecule has 2 aromatic heterocycles. The van der Waals surface area contributed by atoms with Crippen molar-refractivity contribution in [2.75, 3.05) is 12.3 Å². The molecule has 0 aromatic carbocycles. The highest BCUT2D eigenvalue weighted by Gasteiger charge is 2.55. The maximum absolute atomic E-state index is 15.0. The normalized spacial score (nSPS) is 30.2. The number of rotatable bonds is 4. The van der Waals surface area contributed by atoms with Crippen LogP contribution in [0.4, 0.5) is 10.3 Å². The molecule has 138 valence electrons. The van der Waals surface area contributed by atoms with Gasteiger partial charge in [0.05, 0.1) is 12.9 Å². The van der Waals surface area contributed by atoms with Gasteiger partial charge in [-0.15, -0.1) is 0 Å². The summed E-state index contributed by atoms with van der Waals surface area (Å²) in [5.74, 6) is -0.222. The monoisotopic (exact) mass is 379 g/mol. The minimum Gasteiger partial charge on any atom is -0.387 e. The van der Waals surface area contributed by atoms with Crippen molar-refractivity contribution in [3.8, 4) is 0 Å². The molecule has 0 radical (unpaired) electrons. The molecule has 1 unspecified atom stereocenters. The summed E-state index contributed by atoms with van der Waals surface area (Å²) >= 11 is 0. The molecule has 2 aromatic rings. The standard InChI is InChI=1S/C11H15FN5O7P/c1-11(12)6(18)4(2-23-25(20,21)22)24-9(11)17-3-14-5-7(17)15-10(13)16-8(5)19/h3-4,6,9,18H,2H2,1H3,(H2,20,21,22)(H3,13,15,16,19)/t4-,6+,9-,11?/m1/s1. The maximum Gasteiger partial charge on any atom is 0.469 e. The second kappa shape index (κ2) is 5.83. The second-order valence-electron chi connectivity index (χ2n) is 5.68. The highest BCUT2D eigenvalue weighted by Crippen LogP contribution is 2.44. The Morgan fingerprint density at radius 3 is 2.92 bits per heavy atom. The number of phosphoric ester groups is 1. The van der Waals surface area contributed by atoms with Gasteiger partial charge < -0.3 is 25.4 Å². The van der Waals surface area contributed by atoms with Gasteiger partial charge in [-0.3, -0.25) is 18.9 Å². The minimum atomic E-state index is -4.83. The predicted octanol–water partition coefficient (Wildman–Crippen LogP) is -1.20. The molecular formula is C11H15FN5O7P. The molecular weight excluding hydrogens is 364 g/mol.